The number of carbonyl (C=O) groups is 4. The molecule has 1 aromatic carbocycles. The van der Waals surface area contributed by atoms with Crippen LogP contribution in [0.15, 0.2) is 34.4 Å². The van der Waals surface area contributed by atoms with Crippen LogP contribution in [0.1, 0.15) is 35.7 Å². The minimum Gasteiger partial charge on any atom is -0.493 e. The maximum Gasteiger partial charge on any atom is 0.373 e. The average molecular weight is 502 g/mol. The number of hydrogen-bond donors (Lipinski definition) is 1. The second-order valence-electron chi connectivity index (χ2n) is 7.72. The van der Waals surface area contributed by atoms with Crippen LogP contribution in [0.5, 0.6) is 17.2 Å². The Morgan fingerprint density at radius 1 is 1.08 bits per heavy atom. The van der Waals surface area contributed by atoms with Crippen LogP contribution in [-0.4, -0.2) is 62.8 Å². The highest BCUT2D eigenvalue weighted by atomic mass is 16.6. The van der Waals surface area contributed by atoms with Crippen molar-refractivity contribution in [3.8, 4) is 17.2 Å². The molecule has 12 nitrogen and oxygen atoms in total. The summed E-state index contributed by atoms with van der Waals surface area (Å²) in [7, 11) is 4.02. The molecular formula is C24H26N2O10. The first kappa shape index (κ1) is 26.1. The van der Waals surface area contributed by atoms with Crippen molar-refractivity contribution in [3.63, 3.8) is 0 Å². The van der Waals surface area contributed by atoms with Gasteiger partial charge in [0, 0.05) is 0 Å². The van der Waals surface area contributed by atoms with Gasteiger partial charge < -0.3 is 33.4 Å². The predicted molar refractivity (Wildman–Crippen MR) is 123 cm³/mol. The fraction of sp³-hybridized carbons (Fsp3) is 0.333. The number of hydrogen-bond acceptors (Lipinski definition) is 10. The lowest BCUT2D eigenvalue weighted by Gasteiger charge is -2.15. The van der Waals surface area contributed by atoms with Crippen molar-refractivity contribution in [2.45, 2.75) is 26.5 Å². The van der Waals surface area contributed by atoms with E-state index in [0.29, 0.717) is 5.56 Å². The van der Waals surface area contributed by atoms with Gasteiger partial charge in [-0.1, -0.05) is 0 Å². The molecule has 1 aliphatic heterocycles. The molecular weight excluding hydrogens is 476 g/mol. The Morgan fingerprint density at radius 2 is 1.75 bits per heavy atom. The van der Waals surface area contributed by atoms with Crippen molar-refractivity contribution in [2.24, 2.45) is 0 Å². The molecule has 0 atom stereocenters. The summed E-state index contributed by atoms with van der Waals surface area (Å²) in [6.45, 7) is 2.89. The van der Waals surface area contributed by atoms with Gasteiger partial charge in [0.1, 0.15) is 11.5 Å². The van der Waals surface area contributed by atoms with E-state index in [4.69, 9.17) is 23.4 Å². The molecule has 0 aliphatic carbocycles. The highest BCUT2D eigenvalue weighted by Gasteiger charge is 2.34. The zero-order chi connectivity index (χ0) is 26.4. The van der Waals surface area contributed by atoms with Crippen molar-refractivity contribution in [2.75, 3.05) is 27.9 Å². The van der Waals surface area contributed by atoms with Crippen LogP contribution >= 0.6 is 0 Å². The molecule has 1 saturated heterocycles. The molecule has 3 rings (SSSR count). The third kappa shape index (κ3) is 5.95. The number of carbonyl (C=O) groups excluding carboxylic acids is 4. The standard InChI is InChI=1S/C24H26N2O10/c1-13(2)35-20(27)12-34-21-18(31-3)9-14(10-19(21)32-4)8-16-22(28)26(24(30)25-16)11-15-6-7-17(36-15)23(29)33-5/h6-10,13H,11-12H2,1-5H3,(H,25,30)/b16-8-. The van der Waals surface area contributed by atoms with Crippen LogP contribution < -0.4 is 19.5 Å². The van der Waals surface area contributed by atoms with Crippen molar-refractivity contribution in [3.05, 3.63) is 47.0 Å². The summed E-state index contributed by atoms with van der Waals surface area (Å²) >= 11 is 0. The van der Waals surface area contributed by atoms with Crippen LogP contribution in [-0.2, 0) is 25.6 Å². The van der Waals surface area contributed by atoms with Gasteiger partial charge in [0.25, 0.3) is 5.91 Å². The second kappa shape index (κ2) is 11.3. The van der Waals surface area contributed by atoms with Crippen LogP contribution in [0.4, 0.5) is 4.79 Å². The van der Waals surface area contributed by atoms with Crippen LogP contribution in [0.2, 0.25) is 0 Å². The highest BCUT2D eigenvalue weighted by molar-refractivity contribution is 6.13. The third-order valence-electron chi connectivity index (χ3n) is 4.82. The monoisotopic (exact) mass is 502 g/mol. The van der Waals surface area contributed by atoms with E-state index in [1.165, 1.54) is 39.5 Å². The fourth-order valence-electron chi connectivity index (χ4n) is 3.26. The predicted octanol–water partition coefficient (Wildman–Crippen LogP) is 2.51. The van der Waals surface area contributed by atoms with Crippen molar-refractivity contribution in [1.82, 2.24) is 10.2 Å². The topological polar surface area (TPSA) is 143 Å². The molecule has 0 bridgehead atoms. The lowest BCUT2D eigenvalue weighted by molar-refractivity contribution is -0.149. The number of rotatable bonds is 10. The molecule has 2 heterocycles. The van der Waals surface area contributed by atoms with E-state index in [-0.39, 0.29) is 53.7 Å². The number of methoxy groups -OCH3 is 3. The van der Waals surface area contributed by atoms with Crippen LogP contribution in [0.3, 0.4) is 0 Å². The summed E-state index contributed by atoms with van der Waals surface area (Å²) in [5.74, 6) is -1.02. The Labute approximate surface area is 206 Å². The lowest BCUT2D eigenvalue weighted by Crippen LogP contribution is -2.30. The number of benzene rings is 1. The molecule has 1 aromatic heterocycles. The molecule has 1 N–H and O–H groups in total. The Balaban J connectivity index is 1.80. The molecule has 36 heavy (non-hydrogen) atoms. The molecule has 0 spiro atoms. The summed E-state index contributed by atoms with van der Waals surface area (Å²) in [6, 6.07) is 5.30. The number of ether oxygens (including phenoxy) is 5. The van der Waals surface area contributed by atoms with Gasteiger partial charge in [-0.25, -0.2) is 14.4 Å². The van der Waals surface area contributed by atoms with Gasteiger partial charge in [0.2, 0.25) is 11.5 Å². The van der Waals surface area contributed by atoms with Gasteiger partial charge in [0.05, 0.1) is 34.0 Å². The number of imide groups is 1. The molecule has 192 valence electrons. The minimum atomic E-state index is -0.675. The number of amides is 3. The summed E-state index contributed by atoms with van der Waals surface area (Å²) in [6.07, 6.45) is 1.14. The van der Waals surface area contributed by atoms with Crippen LogP contribution in [0.25, 0.3) is 6.08 Å². The molecule has 1 aliphatic rings. The Kier molecular flexibility index (Phi) is 8.20. The summed E-state index contributed by atoms with van der Waals surface area (Å²) < 4.78 is 31.3. The Hall–Kier alpha value is -4.48. The zero-order valence-corrected chi connectivity index (χ0v) is 20.4. The van der Waals surface area contributed by atoms with Gasteiger partial charge in [-0.05, 0) is 49.8 Å². The number of furan rings is 1. The summed E-state index contributed by atoms with van der Waals surface area (Å²) in [4.78, 5) is 49.6. The number of esters is 2. The van der Waals surface area contributed by atoms with Gasteiger partial charge in [-0.3, -0.25) is 9.69 Å². The highest BCUT2D eigenvalue weighted by Crippen LogP contribution is 2.39. The van der Waals surface area contributed by atoms with E-state index in [9.17, 15) is 19.2 Å². The fourth-order valence-corrected chi connectivity index (χ4v) is 3.26. The lowest BCUT2D eigenvalue weighted by atomic mass is 10.1. The van der Waals surface area contributed by atoms with Gasteiger partial charge in [-0.15, -0.1) is 0 Å². The molecule has 3 amide bonds. The van der Waals surface area contributed by atoms with Crippen molar-refractivity contribution < 1.29 is 47.3 Å². The largest absolute Gasteiger partial charge is 0.493 e. The first-order chi connectivity index (χ1) is 17.2. The maximum atomic E-state index is 12.9. The minimum absolute atomic E-state index is 0.00182. The first-order valence-electron chi connectivity index (χ1n) is 10.8. The average Bonchev–Trinajstić information content (AvgIpc) is 3.42. The first-order valence-corrected chi connectivity index (χ1v) is 10.8. The smallest absolute Gasteiger partial charge is 0.373 e. The van der Waals surface area contributed by atoms with E-state index in [1.54, 1.807) is 26.0 Å². The van der Waals surface area contributed by atoms with E-state index in [0.717, 1.165) is 4.90 Å². The van der Waals surface area contributed by atoms with Gasteiger partial charge in [0.15, 0.2) is 18.1 Å². The molecule has 12 heteroatoms. The molecule has 2 aromatic rings. The van der Waals surface area contributed by atoms with Crippen molar-refractivity contribution in [1.29, 1.82) is 0 Å². The van der Waals surface area contributed by atoms with E-state index in [2.05, 4.69) is 10.1 Å². The van der Waals surface area contributed by atoms with Gasteiger partial charge in [-0.2, -0.15) is 0 Å². The zero-order valence-electron chi connectivity index (χ0n) is 20.4. The van der Waals surface area contributed by atoms with E-state index >= 15 is 0 Å². The third-order valence-corrected chi connectivity index (χ3v) is 4.82. The quantitative estimate of drug-likeness (QED) is 0.292. The van der Waals surface area contributed by atoms with E-state index in [1.807, 2.05) is 0 Å². The normalized spacial score (nSPS) is 14.2. The van der Waals surface area contributed by atoms with Gasteiger partial charge >= 0.3 is 18.0 Å². The number of nitrogens with one attached hydrogen (secondary N) is 1. The maximum absolute atomic E-state index is 12.9. The molecule has 0 saturated carbocycles. The molecule has 0 unspecified atom stereocenters. The summed E-state index contributed by atoms with van der Waals surface area (Å²) in [5, 5.41) is 2.50. The SMILES string of the molecule is COC(=O)c1ccc(CN2C(=O)N/C(=C\c3cc(OC)c(OCC(=O)OC(C)C)c(OC)c3)C2=O)o1. The molecule has 1 fully saturated rings. The number of urea groups is 1. The molecule has 0 radical (unpaired) electrons. The van der Waals surface area contributed by atoms with E-state index < -0.39 is 23.9 Å². The second-order valence-corrected chi connectivity index (χ2v) is 7.72. The Morgan fingerprint density at radius 3 is 2.33 bits per heavy atom. The van der Waals surface area contributed by atoms with Crippen LogP contribution in [0, 0.1) is 0 Å². The summed E-state index contributed by atoms with van der Waals surface area (Å²) in [5.41, 5.74) is 0.454. The Bertz CT molecular complexity index is 1170. The number of nitrogens with zero attached hydrogens (tertiary/aromatic N) is 1. The van der Waals surface area contributed by atoms with Crippen molar-refractivity contribution >= 4 is 30.0 Å².